The fraction of sp³-hybridized carbons (Fsp3) is 0.143. The minimum atomic E-state index is 0.414. The summed E-state index contributed by atoms with van der Waals surface area (Å²) in [6.07, 6.45) is 2.04. The summed E-state index contributed by atoms with van der Waals surface area (Å²) in [7, 11) is 1.59. The van der Waals surface area contributed by atoms with Crippen LogP contribution in [0.4, 0.5) is 5.95 Å². The molecule has 3 rings (SSSR count). The van der Waals surface area contributed by atoms with Gasteiger partial charge in [0, 0.05) is 11.0 Å². The molecule has 0 atom stereocenters. The van der Waals surface area contributed by atoms with Crippen molar-refractivity contribution in [3.63, 3.8) is 0 Å². The second-order valence-corrected chi connectivity index (χ2v) is 5.08. The zero-order valence-corrected chi connectivity index (χ0v) is 12.0. The van der Waals surface area contributed by atoms with Gasteiger partial charge in [-0.1, -0.05) is 0 Å². The molecule has 0 aliphatic rings. The lowest BCUT2D eigenvalue weighted by Crippen LogP contribution is -2.01. The number of anilines is 1. The van der Waals surface area contributed by atoms with Gasteiger partial charge < -0.3 is 10.5 Å². The number of aromatic nitrogens is 3. The zero-order chi connectivity index (χ0) is 14.1. The first-order chi connectivity index (χ1) is 9.72. The van der Waals surface area contributed by atoms with E-state index in [1.165, 1.54) is 4.90 Å². The maximum absolute atomic E-state index is 6.01. The number of rotatable bonds is 3. The van der Waals surface area contributed by atoms with Crippen LogP contribution in [0.5, 0.6) is 5.88 Å². The molecule has 0 unspecified atom stereocenters. The standard InChI is InChI=1S/C14H14N4OS/c1-19-12-8-7-11-13(17-12)18(14(15)16-11)9-3-5-10(20-2)6-4-9/h3-8H,1-2H3,(H2,15,16). The third kappa shape index (κ3) is 2.08. The van der Waals surface area contributed by atoms with Gasteiger partial charge in [-0.25, -0.2) is 4.98 Å². The minimum absolute atomic E-state index is 0.414. The Morgan fingerprint density at radius 3 is 2.50 bits per heavy atom. The monoisotopic (exact) mass is 286 g/mol. The van der Waals surface area contributed by atoms with Crippen LogP contribution in [-0.4, -0.2) is 27.9 Å². The van der Waals surface area contributed by atoms with E-state index in [0.29, 0.717) is 17.5 Å². The third-order valence-electron chi connectivity index (χ3n) is 3.04. The second kappa shape index (κ2) is 5.05. The van der Waals surface area contributed by atoms with E-state index in [4.69, 9.17) is 10.5 Å². The van der Waals surface area contributed by atoms with E-state index in [1.54, 1.807) is 24.9 Å². The molecule has 6 heteroatoms. The summed E-state index contributed by atoms with van der Waals surface area (Å²) in [6.45, 7) is 0. The van der Waals surface area contributed by atoms with Gasteiger partial charge in [0.1, 0.15) is 5.52 Å². The molecule has 2 aromatic heterocycles. The van der Waals surface area contributed by atoms with E-state index in [0.717, 1.165) is 11.2 Å². The van der Waals surface area contributed by atoms with Gasteiger partial charge in [0.15, 0.2) is 5.65 Å². The summed E-state index contributed by atoms with van der Waals surface area (Å²) in [6, 6.07) is 11.7. The van der Waals surface area contributed by atoms with Crippen LogP contribution in [0.2, 0.25) is 0 Å². The number of hydrogen-bond donors (Lipinski definition) is 1. The summed E-state index contributed by atoms with van der Waals surface area (Å²) in [5.74, 6) is 0.956. The highest BCUT2D eigenvalue weighted by molar-refractivity contribution is 7.98. The van der Waals surface area contributed by atoms with Gasteiger partial charge in [-0.05, 0) is 36.6 Å². The zero-order valence-electron chi connectivity index (χ0n) is 11.2. The number of nitrogens with two attached hydrogens (primary N) is 1. The van der Waals surface area contributed by atoms with Gasteiger partial charge in [-0.3, -0.25) is 4.57 Å². The van der Waals surface area contributed by atoms with Crippen molar-refractivity contribution in [1.29, 1.82) is 0 Å². The molecule has 3 aromatic rings. The van der Waals surface area contributed by atoms with Crippen LogP contribution < -0.4 is 10.5 Å². The number of nitrogen functional groups attached to an aromatic ring is 1. The Hall–Kier alpha value is -2.21. The number of ether oxygens (including phenoxy) is 1. The molecule has 1 aromatic carbocycles. The Labute approximate surface area is 120 Å². The molecule has 2 N–H and O–H groups in total. The highest BCUT2D eigenvalue weighted by atomic mass is 32.2. The van der Waals surface area contributed by atoms with E-state index in [9.17, 15) is 0 Å². The molecular weight excluding hydrogens is 272 g/mol. The lowest BCUT2D eigenvalue weighted by molar-refractivity contribution is 0.399. The van der Waals surface area contributed by atoms with E-state index in [2.05, 4.69) is 9.97 Å². The highest BCUT2D eigenvalue weighted by Gasteiger charge is 2.12. The largest absolute Gasteiger partial charge is 0.481 e. The van der Waals surface area contributed by atoms with Crippen molar-refractivity contribution < 1.29 is 4.74 Å². The van der Waals surface area contributed by atoms with Crippen molar-refractivity contribution in [2.24, 2.45) is 0 Å². The van der Waals surface area contributed by atoms with Crippen molar-refractivity contribution in [2.75, 3.05) is 19.1 Å². The molecule has 0 fully saturated rings. The molecule has 0 bridgehead atoms. The third-order valence-corrected chi connectivity index (χ3v) is 3.79. The average molecular weight is 286 g/mol. The Morgan fingerprint density at radius 2 is 1.85 bits per heavy atom. The first kappa shape index (κ1) is 12.8. The molecule has 20 heavy (non-hydrogen) atoms. The first-order valence-electron chi connectivity index (χ1n) is 6.06. The second-order valence-electron chi connectivity index (χ2n) is 4.20. The molecule has 0 saturated heterocycles. The minimum Gasteiger partial charge on any atom is -0.481 e. The molecule has 0 aliphatic heterocycles. The fourth-order valence-electron chi connectivity index (χ4n) is 2.06. The molecule has 0 radical (unpaired) electrons. The van der Waals surface area contributed by atoms with Crippen molar-refractivity contribution >= 4 is 28.9 Å². The van der Waals surface area contributed by atoms with Gasteiger partial charge in [0.25, 0.3) is 0 Å². The van der Waals surface area contributed by atoms with Crippen LogP contribution in [0.25, 0.3) is 16.9 Å². The number of imidazole rings is 1. The van der Waals surface area contributed by atoms with Crippen LogP contribution >= 0.6 is 11.8 Å². The van der Waals surface area contributed by atoms with E-state index < -0.39 is 0 Å². The van der Waals surface area contributed by atoms with Gasteiger partial charge in [-0.2, -0.15) is 4.98 Å². The van der Waals surface area contributed by atoms with Gasteiger partial charge in [0.2, 0.25) is 11.8 Å². The van der Waals surface area contributed by atoms with E-state index in [1.807, 2.05) is 41.2 Å². The summed E-state index contributed by atoms with van der Waals surface area (Å²) in [5.41, 5.74) is 8.39. The van der Waals surface area contributed by atoms with Crippen LogP contribution in [0, 0.1) is 0 Å². The number of thioether (sulfide) groups is 1. The van der Waals surface area contributed by atoms with Crippen LogP contribution in [0.3, 0.4) is 0 Å². The van der Waals surface area contributed by atoms with Gasteiger partial charge in [-0.15, -0.1) is 11.8 Å². The Morgan fingerprint density at radius 1 is 1.10 bits per heavy atom. The summed E-state index contributed by atoms with van der Waals surface area (Å²) >= 11 is 1.70. The van der Waals surface area contributed by atoms with Crippen molar-refractivity contribution in [2.45, 2.75) is 4.90 Å². The molecule has 0 spiro atoms. The fourth-order valence-corrected chi connectivity index (χ4v) is 2.47. The first-order valence-corrected chi connectivity index (χ1v) is 7.29. The lowest BCUT2D eigenvalue weighted by Gasteiger charge is -2.07. The Bertz CT molecular complexity index is 752. The summed E-state index contributed by atoms with van der Waals surface area (Å²) in [5, 5.41) is 0. The van der Waals surface area contributed by atoms with Crippen LogP contribution in [-0.2, 0) is 0 Å². The number of hydrogen-bond acceptors (Lipinski definition) is 5. The van der Waals surface area contributed by atoms with Gasteiger partial charge in [0.05, 0.1) is 12.8 Å². The number of methoxy groups -OCH3 is 1. The molecular formula is C14H14N4OS. The maximum atomic E-state index is 6.01. The van der Waals surface area contributed by atoms with Crippen molar-refractivity contribution in [3.8, 4) is 11.6 Å². The van der Waals surface area contributed by atoms with Crippen LogP contribution in [0.1, 0.15) is 0 Å². The van der Waals surface area contributed by atoms with Gasteiger partial charge >= 0.3 is 0 Å². The SMILES string of the molecule is COc1ccc2nc(N)n(-c3ccc(SC)cc3)c2n1. The van der Waals surface area contributed by atoms with Crippen molar-refractivity contribution in [3.05, 3.63) is 36.4 Å². The quantitative estimate of drug-likeness (QED) is 0.750. The van der Waals surface area contributed by atoms with Crippen LogP contribution in [0.15, 0.2) is 41.3 Å². The Balaban J connectivity index is 2.20. The summed E-state index contributed by atoms with van der Waals surface area (Å²) in [4.78, 5) is 9.95. The normalized spacial score (nSPS) is 10.9. The smallest absolute Gasteiger partial charge is 0.215 e. The average Bonchev–Trinajstić information content (AvgIpc) is 2.82. The molecule has 102 valence electrons. The van der Waals surface area contributed by atoms with E-state index >= 15 is 0 Å². The number of pyridine rings is 1. The summed E-state index contributed by atoms with van der Waals surface area (Å²) < 4.78 is 6.98. The lowest BCUT2D eigenvalue weighted by atomic mass is 10.3. The molecule has 2 heterocycles. The molecule has 0 amide bonds. The Kier molecular flexibility index (Phi) is 3.23. The maximum Gasteiger partial charge on any atom is 0.215 e. The predicted molar refractivity (Wildman–Crippen MR) is 81.6 cm³/mol. The molecule has 0 aliphatic carbocycles. The molecule has 5 nitrogen and oxygen atoms in total. The topological polar surface area (TPSA) is 66.0 Å². The number of nitrogens with zero attached hydrogens (tertiary/aromatic N) is 3. The predicted octanol–water partition coefficient (Wildman–Crippen LogP) is 2.73. The number of fused-ring (bicyclic) bond motifs is 1. The van der Waals surface area contributed by atoms with Crippen molar-refractivity contribution in [1.82, 2.24) is 14.5 Å². The highest BCUT2D eigenvalue weighted by Crippen LogP contribution is 2.25. The van der Waals surface area contributed by atoms with E-state index in [-0.39, 0.29) is 0 Å². The number of benzene rings is 1. The molecule has 0 saturated carbocycles.